The van der Waals surface area contributed by atoms with E-state index in [1.54, 1.807) is 13.0 Å². The Balaban J connectivity index is 2.50. The Morgan fingerprint density at radius 1 is 1.44 bits per heavy atom. The van der Waals surface area contributed by atoms with Crippen LogP contribution < -0.4 is 5.32 Å². The second-order valence-corrected chi connectivity index (χ2v) is 5.02. The zero-order chi connectivity index (χ0) is 13.3. The molecule has 0 saturated carbocycles. The minimum atomic E-state index is -0.193. The molecule has 0 aliphatic heterocycles. The van der Waals surface area contributed by atoms with Gasteiger partial charge in [0.2, 0.25) is 0 Å². The van der Waals surface area contributed by atoms with Crippen molar-refractivity contribution in [2.75, 3.05) is 7.05 Å². The van der Waals surface area contributed by atoms with E-state index >= 15 is 0 Å². The van der Waals surface area contributed by atoms with E-state index in [1.165, 1.54) is 6.07 Å². The standard InChI is InChI=1S/C13H15BrFN3/c1-8-6-9(4-5-10(8)15)13-12(14)11(7-16-2)18(3)17-13/h4-6,16H,7H2,1-3H3. The molecule has 0 unspecified atom stereocenters. The molecule has 0 atom stereocenters. The van der Waals surface area contributed by atoms with Crippen LogP contribution in [-0.2, 0) is 13.6 Å². The van der Waals surface area contributed by atoms with Crippen molar-refractivity contribution in [3.8, 4) is 11.3 Å². The molecule has 2 rings (SSSR count). The highest BCUT2D eigenvalue weighted by Crippen LogP contribution is 2.30. The molecule has 1 aromatic heterocycles. The number of rotatable bonds is 3. The number of hydrogen-bond acceptors (Lipinski definition) is 2. The first kappa shape index (κ1) is 13.2. The molecule has 3 nitrogen and oxygen atoms in total. The summed E-state index contributed by atoms with van der Waals surface area (Å²) in [5.74, 6) is -0.193. The topological polar surface area (TPSA) is 29.9 Å². The van der Waals surface area contributed by atoms with Crippen molar-refractivity contribution in [2.45, 2.75) is 13.5 Å². The lowest BCUT2D eigenvalue weighted by Crippen LogP contribution is -2.10. The van der Waals surface area contributed by atoms with Gasteiger partial charge in [-0.05, 0) is 53.7 Å². The molecule has 0 saturated heterocycles. The van der Waals surface area contributed by atoms with E-state index in [0.29, 0.717) is 5.56 Å². The first-order valence-corrected chi connectivity index (χ1v) is 6.46. The number of aryl methyl sites for hydroxylation is 2. The molecule has 0 spiro atoms. The van der Waals surface area contributed by atoms with Crippen LogP contribution >= 0.6 is 15.9 Å². The highest BCUT2D eigenvalue weighted by molar-refractivity contribution is 9.10. The summed E-state index contributed by atoms with van der Waals surface area (Å²) in [7, 11) is 3.79. The van der Waals surface area contributed by atoms with Gasteiger partial charge < -0.3 is 5.32 Å². The summed E-state index contributed by atoms with van der Waals surface area (Å²) in [6.07, 6.45) is 0. The fourth-order valence-corrected chi connectivity index (χ4v) is 2.57. The van der Waals surface area contributed by atoms with Gasteiger partial charge in [-0.15, -0.1) is 0 Å². The SMILES string of the molecule is CNCc1c(Br)c(-c2ccc(F)c(C)c2)nn1C. The van der Waals surface area contributed by atoms with E-state index in [2.05, 4.69) is 26.3 Å². The predicted octanol–water partition coefficient (Wildman–Crippen LogP) is 3.02. The fraction of sp³-hybridized carbons (Fsp3) is 0.308. The van der Waals surface area contributed by atoms with Crippen molar-refractivity contribution in [3.63, 3.8) is 0 Å². The van der Waals surface area contributed by atoms with Crippen molar-refractivity contribution < 1.29 is 4.39 Å². The van der Waals surface area contributed by atoms with Gasteiger partial charge in [0.1, 0.15) is 11.5 Å². The van der Waals surface area contributed by atoms with Crippen molar-refractivity contribution in [3.05, 3.63) is 39.7 Å². The summed E-state index contributed by atoms with van der Waals surface area (Å²) in [6, 6.07) is 5.04. The van der Waals surface area contributed by atoms with Gasteiger partial charge in [0.05, 0.1) is 10.2 Å². The number of hydrogen-bond donors (Lipinski definition) is 1. The minimum absolute atomic E-state index is 0.193. The molecule has 2 aromatic rings. The summed E-state index contributed by atoms with van der Waals surface area (Å²) in [5.41, 5.74) is 3.44. The lowest BCUT2D eigenvalue weighted by molar-refractivity contribution is 0.618. The van der Waals surface area contributed by atoms with Gasteiger partial charge in [-0.25, -0.2) is 4.39 Å². The Bertz CT molecular complexity index is 578. The minimum Gasteiger partial charge on any atom is -0.314 e. The molecule has 18 heavy (non-hydrogen) atoms. The molecule has 1 heterocycles. The van der Waals surface area contributed by atoms with Crippen molar-refractivity contribution in [2.24, 2.45) is 7.05 Å². The van der Waals surface area contributed by atoms with E-state index in [0.717, 1.165) is 28.0 Å². The van der Waals surface area contributed by atoms with Gasteiger partial charge in [-0.2, -0.15) is 5.10 Å². The molecule has 1 N–H and O–H groups in total. The Kier molecular flexibility index (Phi) is 3.82. The van der Waals surface area contributed by atoms with Crippen molar-refractivity contribution in [1.29, 1.82) is 0 Å². The quantitative estimate of drug-likeness (QED) is 0.944. The Hall–Kier alpha value is -1.20. The Morgan fingerprint density at radius 2 is 2.17 bits per heavy atom. The molecule has 5 heteroatoms. The molecular weight excluding hydrogens is 297 g/mol. The van der Waals surface area contributed by atoms with Gasteiger partial charge in [-0.1, -0.05) is 0 Å². The molecule has 0 fully saturated rings. The molecule has 0 amide bonds. The lowest BCUT2D eigenvalue weighted by Gasteiger charge is -2.02. The number of nitrogens with zero attached hydrogens (tertiary/aromatic N) is 2. The van der Waals surface area contributed by atoms with Crippen LogP contribution in [0.2, 0.25) is 0 Å². The monoisotopic (exact) mass is 311 g/mol. The summed E-state index contributed by atoms with van der Waals surface area (Å²) in [4.78, 5) is 0. The second kappa shape index (κ2) is 5.20. The number of nitrogens with one attached hydrogen (secondary N) is 1. The van der Waals surface area contributed by atoms with Gasteiger partial charge >= 0.3 is 0 Å². The summed E-state index contributed by atoms with van der Waals surface area (Å²) in [5, 5.41) is 7.58. The van der Waals surface area contributed by atoms with Crippen LogP contribution in [0.15, 0.2) is 22.7 Å². The van der Waals surface area contributed by atoms with E-state index in [4.69, 9.17) is 0 Å². The Morgan fingerprint density at radius 3 is 2.78 bits per heavy atom. The Labute approximate surface area is 114 Å². The van der Waals surface area contributed by atoms with Crippen LogP contribution in [0, 0.1) is 12.7 Å². The van der Waals surface area contributed by atoms with Crippen LogP contribution in [0.5, 0.6) is 0 Å². The van der Waals surface area contributed by atoms with E-state index < -0.39 is 0 Å². The van der Waals surface area contributed by atoms with E-state index in [1.807, 2.05) is 24.8 Å². The number of benzene rings is 1. The maximum absolute atomic E-state index is 13.3. The third-order valence-electron chi connectivity index (χ3n) is 2.88. The first-order valence-electron chi connectivity index (χ1n) is 5.67. The van der Waals surface area contributed by atoms with Gasteiger partial charge in [0.25, 0.3) is 0 Å². The normalized spacial score (nSPS) is 10.9. The van der Waals surface area contributed by atoms with E-state index in [-0.39, 0.29) is 5.82 Å². The lowest BCUT2D eigenvalue weighted by atomic mass is 10.1. The first-order chi connectivity index (χ1) is 8.54. The smallest absolute Gasteiger partial charge is 0.126 e. The van der Waals surface area contributed by atoms with Crippen LogP contribution in [0.3, 0.4) is 0 Å². The van der Waals surface area contributed by atoms with Crippen molar-refractivity contribution >= 4 is 15.9 Å². The number of halogens is 2. The third kappa shape index (κ3) is 2.33. The molecule has 0 aliphatic carbocycles. The highest BCUT2D eigenvalue weighted by Gasteiger charge is 2.15. The molecule has 1 aromatic carbocycles. The van der Waals surface area contributed by atoms with Crippen molar-refractivity contribution in [1.82, 2.24) is 15.1 Å². The zero-order valence-corrected chi connectivity index (χ0v) is 12.2. The van der Waals surface area contributed by atoms with Crippen LogP contribution in [0.4, 0.5) is 4.39 Å². The van der Waals surface area contributed by atoms with Gasteiger partial charge in [0, 0.05) is 19.2 Å². The van der Waals surface area contributed by atoms with Crippen LogP contribution in [0.1, 0.15) is 11.3 Å². The van der Waals surface area contributed by atoms with Gasteiger partial charge in [-0.3, -0.25) is 4.68 Å². The molecule has 96 valence electrons. The summed E-state index contributed by atoms with van der Waals surface area (Å²) in [6.45, 7) is 2.48. The number of aromatic nitrogens is 2. The third-order valence-corrected chi connectivity index (χ3v) is 3.71. The van der Waals surface area contributed by atoms with E-state index in [9.17, 15) is 4.39 Å². The highest BCUT2D eigenvalue weighted by atomic mass is 79.9. The maximum atomic E-state index is 13.3. The van der Waals surface area contributed by atoms with Crippen LogP contribution in [-0.4, -0.2) is 16.8 Å². The molecule has 0 bridgehead atoms. The van der Waals surface area contributed by atoms with Gasteiger partial charge in [0.15, 0.2) is 0 Å². The second-order valence-electron chi connectivity index (χ2n) is 4.23. The predicted molar refractivity (Wildman–Crippen MR) is 73.8 cm³/mol. The fourth-order valence-electron chi connectivity index (χ4n) is 1.87. The van der Waals surface area contributed by atoms with Crippen LogP contribution in [0.25, 0.3) is 11.3 Å². The molecule has 0 radical (unpaired) electrons. The average Bonchev–Trinajstić information content (AvgIpc) is 2.61. The molecular formula is C13H15BrFN3. The summed E-state index contributed by atoms with van der Waals surface area (Å²) < 4.78 is 16.1. The zero-order valence-electron chi connectivity index (χ0n) is 10.6. The maximum Gasteiger partial charge on any atom is 0.126 e. The molecule has 0 aliphatic rings. The largest absolute Gasteiger partial charge is 0.314 e. The summed E-state index contributed by atoms with van der Waals surface area (Å²) >= 11 is 3.57. The average molecular weight is 312 g/mol.